The van der Waals surface area contributed by atoms with E-state index >= 15 is 0 Å². The van der Waals surface area contributed by atoms with Crippen LogP contribution in [0.25, 0.3) is 22.3 Å². The highest BCUT2D eigenvalue weighted by Crippen LogP contribution is 2.31. The molecular weight excluding hydrogens is 352 g/mol. The van der Waals surface area contributed by atoms with Crippen LogP contribution in [0.1, 0.15) is 18.4 Å². The second-order valence-corrected chi connectivity index (χ2v) is 6.51. The minimum absolute atomic E-state index is 0.0855. The average molecular weight is 370 g/mol. The summed E-state index contributed by atoms with van der Waals surface area (Å²) in [5, 5.41) is 0.373. The molecule has 0 radical (unpaired) electrons. The van der Waals surface area contributed by atoms with Crippen molar-refractivity contribution in [1.82, 2.24) is 0 Å². The number of fused-ring (bicyclic) bond motifs is 1. The Labute approximate surface area is 162 Å². The number of rotatable bonds is 4. The maximum absolute atomic E-state index is 13.1. The van der Waals surface area contributed by atoms with E-state index in [9.17, 15) is 9.59 Å². The van der Waals surface area contributed by atoms with Gasteiger partial charge in [-0.1, -0.05) is 72.8 Å². The molecule has 4 nitrogen and oxygen atoms in total. The third-order valence-electron chi connectivity index (χ3n) is 4.65. The molecule has 0 spiro atoms. The lowest BCUT2D eigenvalue weighted by atomic mass is 10.0. The van der Waals surface area contributed by atoms with Crippen molar-refractivity contribution < 1.29 is 13.9 Å². The Morgan fingerprint density at radius 2 is 1.46 bits per heavy atom. The quantitative estimate of drug-likeness (QED) is 0.465. The number of para-hydroxylation sites is 1. The molecule has 1 unspecified atom stereocenters. The Hall–Kier alpha value is -3.66. The topological polar surface area (TPSA) is 56.5 Å². The number of esters is 1. The Balaban J connectivity index is 1.82. The minimum atomic E-state index is -0.518. The highest BCUT2D eigenvalue weighted by molar-refractivity contribution is 5.86. The van der Waals surface area contributed by atoms with Crippen LogP contribution in [-0.2, 0) is 4.79 Å². The molecule has 0 aliphatic rings. The zero-order valence-electron chi connectivity index (χ0n) is 15.3. The van der Waals surface area contributed by atoms with E-state index in [0.717, 1.165) is 5.56 Å². The first-order valence-electron chi connectivity index (χ1n) is 9.03. The molecule has 0 N–H and O–H groups in total. The van der Waals surface area contributed by atoms with Gasteiger partial charge in [-0.05, 0) is 24.6 Å². The Morgan fingerprint density at radius 3 is 2.18 bits per heavy atom. The predicted octanol–water partition coefficient (Wildman–Crippen LogP) is 5.17. The van der Waals surface area contributed by atoms with Gasteiger partial charge in [0.2, 0.25) is 11.2 Å². The molecule has 1 atom stereocenters. The molecule has 1 aromatic heterocycles. The number of benzene rings is 3. The van der Waals surface area contributed by atoms with Crippen LogP contribution in [0.2, 0.25) is 0 Å². The summed E-state index contributed by atoms with van der Waals surface area (Å²) < 4.78 is 11.6. The summed E-state index contributed by atoms with van der Waals surface area (Å²) in [6.07, 6.45) is 0. The standard InChI is InChI=1S/C24H18O4/c1-16(17-10-4-2-5-11-17)24(26)28-23-21(25)19-14-8-9-15-20(19)27-22(23)18-12-6-3-7-13-18/h2-16H,1H3. The molecule has 0 fully saturated rings. The third-order valence-corrected chi connectivity index (χ3v) is 4.65. The Bertz CT molecular complexity index is 1180. The fourth-order valence-electron chi connectivity index (χ4n) is 3.06. The lowest BCUT2D eigenvalue weighted by Gasteiger charge is -2.14. The van der Waals surface area contributed by atoms with E-state index in [0.29, 0.717) is 16.5 Å². The largest absolute Gasteiger partial charge is 0.452 e. The highest BCUT2D eigenvalue weighted by atomic mass is 16.5. The summed E-state index contributed by atoms with van der Waals surface area (Å²) in [6.45, 7) is 1.75. The van der Waals surface area contributed by atoms with Crippen molar-refractivity contribution in [3.63, 3.8) is 0 Å². The molecule has 4 heteroatoms. The number of hydrogen-bond donors (Lipinski definition) is 0. The van der Waals surface area contributed by atoms with E-state index in [1.807, 2.05) is 60.7 Å². The molecule has 1 heterocycles. The minimum Gasteiger partial charge on any atom is -0.452 e. The van der Waals surface area contributed by atoms with Gasteiger partial charge in [0.15, 0.2) is 5.76 Å². The van der Waals surface area contributed by atoms with E-state index in [1.54, 1.807) is 31.2 Å². The van der Waals surface area contributed by atoms with Crippen molar-refractivity contribution in [2.24, 2.45) is 0 Å². The summed E-state index contributed by atoms with van der Waals surface area (Å²) in [7, 11) is 0. The normalized spacial score (nSPS) is 11.9. The van der Waals surface area contributed by atoms with Crippen LogP contribution in [-0.4, -0.2) is 5.97 Å². The Kier molecular flexibility index (Phi) is 4.77. The number of ether oxygens (including phenoxy) is 1. The van der Waals surface area contributed by atoms with Gasteiger partial charge in [0.25, 0.3) is 0 Å². The molecular formula is C24H18O4. The second-order valence-electron chi connectivity index (χ2n) is 6.51. The van der Waals surface area contributed by atoms with Gasteiger partial charge in [0, 0.05) is 5.56 Å². The fraction of sp³-hybridized carbons (Fsp3) is 0.0833. The molecule has 0 aliphatic carbocycles. The van der Waals surface area contributed by atoms with Gasteiger partial charge in [0.1, 0.15) is 5.58 Å². The lowest BCUT2D eigenvalue weighted by molar-refractivity contribution is -0.135. The maximum atomic E-state index is 13.1. The molecule has 4 rings (SSSR count). The molecule has 0 saturated heterocycles. The van der Waals surface area contributed by atoms with Gasteiger partial charge in [0.05, 0.1) is 11.3 Å². The van der Waals surface area contributed by atoms with Gasteiger partial charge in [-0.25, -0.2) is 0 Å². The zero-order chi connectivity index (χ0) is 19.5. The van der Waals surface area contributed by atoms with Gasteiger partial charge in [-0.2, -0.15) is 0 Å². The van der Waals surface area contributed by atoms with E-state index in [2.05, 4.69) is 0 Å². The molecule has 3 aromatic carbocycles. The zero-order valence-corrected chi connectivity index (χ0v) is 15.3. The summed E-state index contributed by atoms with van der Waals surface area (Å²) in [5.41, 5.74) is 1.57. The molecule has 0 aliphatic heterocycles. The summed E-state index contributed by atoms with van der Waals surface area (Å²) in [6, 6.07) is 25.4. The van der Waals surface area contributed by atoms with Crippen LogP contribution in [0.5, 0.6) is 5.75 Å². The molecule has 4 aromatic rings. The first kappa shape index (κ1) is 17.7. The second kappa shape index (κ2) is 7.53. The summed E-state index contributed by atoms with van der Waals surface area (Å²) >= 11 is 0. The Morgan fingerprint density at radius 1 is 0.857 bits per heavy atom. The smallest absolute Gasteiger partial charge is 0.318 e. The monoisotopic (exact) mass is 370 g/mol. The first-order valence-corrected chi connectivity index (χ1v) is 9.03. The van der Waals surface area contributed by atoms with Crippen LogP contribution in [0.4, 0.5) is 0 Å². The van der Waals surface area contributed by atoms with Crippen molar-refractivity contribution >= 4 is 16.9 Å². The first-order chi connectivity index (χ1) is 13.6. The van der Waals surface area contributed by atoms with E-state index in [-0.39, 0.29) is 16.9 Å². The molecule has 0 amide bonds. The van der Waals surface area contributed by atoms with Crippen molar-refractivity contribution in [1.29, 1.82) is 0 Å². The van der Waals surface area contributed by atoms with Crippen LogP contribution in [0, 0.1) is 0 Å². The maximum Gasteiger partial charge on any atom is 0.318 e. The molecule has 0 bridgehead atoms. The number of carbonyl (C=O) groups excluding carboxylic acids is 1. The van der Waals surface area contributed by atoms with Gasteiger partial charge < -0.3 is 9.15 Å². The van der Waals surface area contributed by atoms with E-state index < -0.39 is 11.9 Å². The van der Waals surface area contributed by atoms with Crippen molar-refractivity contribution in [2.75, 3.05) is 0 Å². The predicted molar refractivity (Wildman–Crippen MR) is 108 cm³/mol. The van der Waals surface area contributed by atoms with Crippen LogP contribution < -0.4 is 10.2 Å². The SMILES string of the molecule is CC(C(=O)Oc1c(-c2ccccc2)oc2ccccc2c1=O)c1ccccc1. The lowest BCUT2D eigenvalue weighted by Crippen LogP contribution is -2.20. The van der Waals surface area contributed by atoms with Crippen LogP contribution in [0.3, 0.4) is 0 Å². The third kappa shape index (κ3) is 3.32. The molecule has 0 saturated carbocycles. The highest BCUT2D eigenvalue weighted by Gasteiger charge is 2.24. The van der Waals surface area contributed by atoms with Gasteiger partial charge >= 0.3 is 5.97 Å². The molecule has 138 valence electrons. The van der Waals surface area contributed by atoms with Crippen LogP contribution >= 0.6 is 0 Å². The van der Waals surface area contributed by atoms with Crippen LogP contribution in [0.15, 0.2) is 94.1 Å². The number of hydrogen-bond acceptors (Lipinski definition) is 4. The van der Waals surface area contributed by atoms with Crippen molar-refractivity contribution in [3.05, 3.63) is 101 Å². The van der Waals surface area contributed by atoms with Gasteiger partial charge in [-0.15, -0.1) is 0 Å². The summed E-state index contributed by atoms with van der Waals surface area (Å²) in [4.78, 5) is 25.9. The average Bonchev–Trinajstić information content (AvgIpc) is 2.76. The van der Waals surface area contributed by atoms with E-state index in [1.165, 1.54) is 0 Å². The fourth-order valence-corrected chi connectivity index (χ4v) is 3.06. The van der Waals surface area contributed by atoms with E-state index in [4.69, 9.17) is 9.15 Å². The van der Waals surface area contributed by atoms with Gasteiger partial charge in [-0.3, -0.25) is 9.59 Å². The van der Waals surface area contributed by atoms with Crippen molar-refractivity contribution in [2.45, 2.75) is 12.8 Å². The number of carbonyl (C=O) groups is 1. The van der Waals surface area contributed by atoms with Crippen molar-refractivity contribution in [3.8, 4) is 17.1 Å². The summed E-state index contributed by atoms with van der Waals surface area (Å²) in [5.74, 6) is -0.864. The molecule has 28 heavy (non-hydrogen) atoms.